The lowest BCUT2D eigenvalue weighted by Gasteiger charge is -2.24. The molecule has 2 heterocycles. The Morgan fingerprint density at radius 3 is 2.43 bits per heavy atom. The molecule has 0 aliphatic heterocycles. The summed E-state index contributed by atoms with van der Waals surface area (Å²) in [5.41, 5.74) is 7.71. The van der Waals surface area contributed by atoms with Crippen molar-refractivity contribution in [2.24, 2.45) is 11.1 Å². The molecule has 0 spiro atoms. The number of unbranched alkanes of at least 4 members (excludes halogenated alkanes) is 2. The summed E-state index contributed by atoms with van der Waals surface area (Å²) in [4.78, 5) is 10.5. The molecule has 1 atom stereocenters. The van der Waals surface area contributed by atoms with Crippen LogP contribution in [0, 0.1) is 17.0 Å². The number of pyridine rings is 2. The Hall–Kier alpha value is -3.36. The maximum absolute atomic E-state index is 14.8. The zero-order chi connectivity index (χ0) is 27.8. The molecule has 204 valence electrons. The van der Waals surface area contributed by atoms with Gasteiger partial charge in [-0.15, -0.1) is 0 Å². The van der Waals surface area contributed by atoms with Gasteiger partial charge in [-0.3, -0.25) is 0 Å². The summed E-state index contributed by atoms with van der Waals surface area (Å²) in [5, 5.41) is 9.39. The summed E-state index contributed by atoms with van der Waals surface area (Å²) in [6, 6.07) is 2.58. The largest absolute Gasteiger partial charge is 0.399 e. The fourth-order valence-electron chi connectivity index (χ4n) is 3.91. The van der Waals surface area contributed by atoms with Crippen LogP contribution in [0.5, 0.6) is 0 Å². The average Bonchev–Trinajstić information content (AvgIpc) is 2.77. The van der Waals surface area contributed by atoms with Crippen LogP contribution < -0.4 is 26.6 Å². The molecule has 0 saturated carbocycles. The summed E-state index contributed by atoms with van der Waals surface area (Å²) in [5.74, 6) is -0.467. The van der Waals surface area contributed by atoms with Gasteiger partial charge in [0, 0.05) is 49.2 Å². The van der Waals surface area contributed by atoms with Gasteiger partial charge >= 0.3 is 0 Å². The van der Waals surface area contributed by atoms with Crippen molar-refractivity contribution in [3.05, 3.63) is 54.4 Å². The van der Waals surface area contributed by atoms with Crippen LogP contribution in [0.3, 0.4) is 0 Å². The molecule has 0 aliphatic rings. The van der Waals surface area contributed by atoms with Crippen molar-refractivity contribution in [2.45, 2.75) is 66.3 Å². The molecule has 7 nitrogen and oxygen atoms in total. The van der Waals surface area contributed by atoms with E-state index in [1.807, 2.05) is 14.0 Å². The molecule has 0 saturated heterocycles. The van der Waals surface area contributed by atoms with Gasteiger partial charge in [0.15, 0.2) is 23.3 Å². The number of allylic oxidation sites excluding steroid dienone is 1. The molecule has 0 fully saturated rings. The van der Waals surface area contributed by atoms with E-state index in [-0.39, 0.29) is 40.2 Å². The van der Waals surface area contributed by atoms with E-state index in [4.69, 9.17) is 5.73 Å². The molecule has 0 unspecified atom stereocenters. The SMILES string of the molecule is C=C(CC(C)(C)C)N[C@@H](C)CNc1nc(Nc2cnc(N(C)CCCCC)c(F)c2)c(C(=C)N)cc1F. The average molecular weight is 516 g/mol. The zero-order valence-electron chi connectivity index (χ0n) is 23.1. The van der Waals surface area contributed by atoms with E-state index < -0.39 is 11.6 Å². The van der Waals surface area contributed by atoms with E-state index in [0.29, 0.717) is 18.8 Å². The van der Waals surface area contributed by atoms with Crippen LogP contribution in [-0.2, 0) is 0 Å². The lowest BCUT2D eigenvalue weighted by molar-refractivity contribution is 0.393. The Morgan fingerprint density at radius 1 is 1.14 bits per heavy atom. The highest BCUT2D eigenvalue weighted by atomic mass is 19.1. The molecule has 2 aromatic rings. The van der Waals surface area contributed by atoms with Crippen LogP contribution in [0.1, 0.15) is 65.9 Å². The molecule has 0 aliphatic carbocycles. The van der Waals surface area contributed by atoms with E-state index in [9.17, 15) is 8.78 Å². The standard InChI is InChI=1S/C28H43F2N7/c1-9-10-11-12-37(8)27-24(30)13-21(17-33-27)35-25-22(20(4)31)14-23(29)26(36-25)32-16-19(3)34-18(2)15-28(5,6)7/h13-14,17,19,34H,2,4,9-12,15-16,31H2,1,3,5-8H3,(H2,32,35,36)/t19-/m0/s1. The third-order valence-corrected chi connectivity index (χ3v) is 5.64. The smallest absolute Gasteiger partial charge is 0.167 e. The summed E-state index contributed by atoms with van der Waals surface area (Å²) in [6.45, 7) is 19.5. The Balaban J connectivity index is 2.17. The van der Waals surface area contributed by atoms with Crippen LogP contribution in [-0.4, -0.2) is 36.1 Å². The third-order valence-electron chi connectivity index (χ3n) is 5.64. The summed E-state index contributed by atoms with van der Waals surface area (Å²) >= 11 is 0. The molecule has 2 rings (SSSR count). The number of anilines is 4. The van der Waals surface area contributed by atoms with Gasteiger partial charge in [-0.1, -0.05) is 53.7 Å². The Morgan fingerprint density at radius 2 is 1.84 bits per heavy atom. The second kappa shape index (κ2) is 13.3. The third kappa shape index (κ3) is 9.55. The lowest BCUT2D eigenvalue weighted by Crippen LogP contribution is -2.33. The Bertz CT molecular complexity index is 1080. The summed E-state index contributed by atoms with van der Waals surface area (Å²) in [6.07, 6.45) is 5.46. The first-order valence-corrected chi connectivity index (χ1v) is 12.8. The van der Waals surface area contributed by atoms with Crippen molar-refractivity contribution in [2.75, 3.05) is 35.7 Å². The van der Waals surface area contributed by atoms with Crippen molar-refractivity contribution in [3.8, 4) is 0 Å². The number of rotatable bonds is 14. The molecular formula is C28H43F2N7. The van der Waals surface area contributed by atoms with Gasteiger partial charge in [0.05, 0.1) is 11.9 Å². The van der Waals surface area contributed by atoms with Gasteiger partial charge < -0.3 is 26.6 Å². The normalized spacial score (nSPS) is 12.1. The minimum Gasteiger partial charge on any atom is -0.399 e. The predicted octanol–water partition coefficient (Wildman–Crippen LogP) is 6.39. The van der Waals surface area contributed by atoms with Gasteiger partial charge in [-0.25, -0.2) is 18.7 Å². The second-order valence-corrected chi connectivity index (χ2v) is 10.8. The first-order chi connectivity index (χ1) is 17.3. The minimum atomic E-state index is -0.568. The van der Waals surface area contributed by atoms with Crippen molar-refractivity contribution >= 4 is 28.8 Å². The number of nitrogens with zero attached hydrogens (tertiary/aromatic N) is 3. The monoisotopic (exact) mass is 515 g/mol. The van der Waals surface area contributed by atoms with Crippen molar-refractivity contribution < 1.29 is 8.78 Å². The molecule has 0 amide bonds. The van der Waals surface area contributed by atoms with E-state index in [1.165, 1.54) is 18.3 Å². The van der Waals surface area contributed by atoms with E-state index >= 15 is 0 Å². The number of hydrogen-bond acceptors (Lipinski definition) is 7. The number of aromatic nitrogens is 2. The Labute approximate surface area is 220 Å². The molecule has 0 radical (unpaired) electrons. The van der Waals surface area contributed by atoms with Gasteiger partial charge in [-0.2, -0.15) is 0 Å². The number of nitrogens with two attached hydrogens (primary N) is 1. The van der Waals surface area contributed by atoms with Gasteiger partial charge in [0.2, 0.25) is 0 Å². The highest BCUT2D eigenvalue weighted by Crippen LogP contribution is 2.28. The topological polar surface area (TPSA) is 91.1 Å². The van der Waals surface area contributed by atoms with Crippen LogP contribution in [0.15, 0.2) is 37.2 Å². The van der Waals surface area contributed by atoms with Crippen LogP contribution in [0.25, 0.3) is 5.70 Å². The molecule has 5 N–H and O–H groups in total. The lowest BCUT2D eigenvalue weighted by atomic mass is 9.91. The predicted molar refractivity (Wildman–Crippen MR) is 152 cm³/mol. The number of halogens is 2. The highest BCUT2D eigenvalue weighted by molar-refractivity contribution is 5.75. The van der Waals surface area contributed by atoms with E-state index in [1.54, 1.807) is 4.90 Å². The maximum Gasteiger partial charge on any atom is 0.167 e. The van der Waals surface area contributed by atoms with Crippen LogP contribution in [0.2, 0.25) is 0 Å². The van der Waals surface area contributed by atoms with Crippen LogP contribution >= 0.6 is 0 Å². The molecule has 9 heteroatoms. The number of nitrogens with one attached hydrogen (secondary N) is 3. The quantitative estimate of drug-likeness (QED) is 0.217. The van der Waals surface area contributed by atoms with Crippen molar-refractivity contribution in [3.63, 3.8) is 0 Å². The minimum absolute atomic E-state index is 0.0169. The fourth-order valence-corrected chi connectivity index (χ4v) is 3.91. The molecule has 0 bridgehead atoms. The van der Waals surface area contributed by atoms with Crippen molar-refractivity contribution in [1.82, 2.24) is 15.3 Å². The molecule has 37 heavy (non-hydrogen) atoms. The highest BCUT2D eigenvalue weighted by Gasteiger charge is 2.17. The van der Waals surface area contributed by atoms with Gasteiger partial charge in [-0.05, 0) is 31.2 Å². The van der Waals surface area contributed by atoms with Crippen LogP contribution in [0.4, 0.5) is 31.9 Å². The Kier molecular flexibility index (Phi) is 10.7. The number of hydrogen-bond donors (Lipinski definition) is 4. The van der Waals surface area contributed by atoms with Gasteiger partial charge in [0.25, 0.3) is 0 Å². The van der Waals surface area contributed by atoms with Gasteiger partial charge in [0.1, 0.15) is 5.82 Å². The first-order valence-electron chi connectivity index (χ1n) is 12.8. The molecule has 2 aromatic heterocycles. The van der Waals surface area contributed by atoms with E-state index in [0.717, 1.165) is 31.4 Å². The van der Waals surface area contributed by atoms with Crippen molar-refractivity contribution in [1.29, 1.82) is 0 Å². The molecular weight excluding hydrogens is 472 g/mol. The fraction of sp³-hybridized carbons (Fsp3) is 0.500. The summed E-state index contributed by atoms with van der Waals surface area (Å²) in [7, 11) is 1.82. The first kappa shape index (κ1) is 29.9. The summed E-state index contributed by atoms with van der Waals surface area (Å²) < 4.78 is 29.7. The zero-order valence-corrected chi connectivity index (χ0v) is 23.1. The molecule has 0 aromatic carbocycles. The maximum atomic E-state index is 14.8. The second-order valence-electron chi connectivity index (χ2n) is 10.8. The van der Waals surface area contributed by atoms with E-state index in [2.05, 4.69) is 66.8 Å².